The minimum absolute atomic E-state index is 0.0266. The molecule has 0 radical (unpaired) electrons. The van der Waals surface area contributed by atoms with Gasteiger partial charge in [-0.3, -0.25) is 16.0 Å². The molecule has 2 rings (SSSR count). The van der Waals surface area contributed by atoms with E-state index in [0.29, 0.717) is 10.0 Å². The lowest BCUT2D eigenvalue weighted by atomic mass is 9.98. The van der Waals surface area contributed by atoms with E-state index in [0.717, 1.165) is 24.1 Å². The van der Waals surface area contributed by atoms with E-state index in [2.05, 4.69) is 17.4 Å². The summed E-state index contributed by atoms with van der Waals surface area (Å²) >= 11 is 12.0. The first-order valence-corrected chi connectivity index (χ1v) is 7.59. The minimum Gasteiger partial charge on any atom is -0.272 e. The molecule has 2 aromatic rings. The zero-order chi connectivity index (χ0) is 15.6. The molecule has 0 saturated heterocycles. The summed E-state index contributed by atoms with van der Waals surface area (Å²) in [7, 11) is 1.96. The predicted octanol–water partition coefficient (Wildman–Crippen LogP) is 3.48. The number of nitrogens with one attached hydrogen (secondary N) is 1. The molecule has 6 heteroatoms. The summed E-state index contributed by atoms with van der Waals surface area (Å²) in [6.45, 7) is 4.12. The Balaban J connectivity index is 2.14. The van der Waals surface area contributed by atoms with Crippen molar-refractivity contribution in [2.24, 2.45) is 12.9 Å². The van der Waals surface area contributed by atoms with Crippen LogP contribution in [0.4, 0.5) is 0 Å². The smallest absolute Gasteiger partial charge is 0.0628 e. The van der Waals surface area contributed by atoms with Crippen LogP contribution >= 0.6 is 23.2 Å². The topological polar surface area (TPSA) is 55.9 Å². The first-order chi connectivity index (χ1) is 9.93. The number of hydrogen-bond acceptors (Lipinski definition) is 3. The molecule has 0 saturated carbocycles. The summed E-state index contributed by atoms with van der Waals surface area (Å²) in [5, 5.41) is 5.53. The quantitative estimate of drug-likeness (QED) is 0.653. The fourth-order valence-corrected chi connectivity index (χ4v) is 2.85. The minimum atomic E-state index is 0.0266. The number of halogens is 2. The third-order valence-corrected chi connectivity index (χ3v) is 4.63. The molecule has 0 bridgehead atoms. The molecule has 0 aliphatic carbocycles. The third kappa shape index (κ3) is 3.58. The SMILES string of the molecule is Cc1nn(C)c(C)c1CCC(NN)c1ccc(Cl)c(Cl)c1. The van der Waals surface area contributed by atoms with E-state index in [1.807, 2.05) is 30.8 Å². The highest BCUT2D eigenvalue weighted by Gasteiger charge is 2.15. The maximum Gasteiger partial charge on any atom is 0.0628 e. The standard InChI is InChI=1S/C15H20Cl2N4/c1-9-12(10(2)21(3)20-9)5-7-15(19-18)11-4-6-13(16)14(17)8-11/h4,6,8,15,19H,5,7,18H2,1-3H3. The zero-order valence-corrected chi connectivity index (χ0v) is 14.0. The van der Waals surface area contributed by atoms with E-state index in [1.165, 1.54) is 11.3 Å². The van der Waals surface area contributed by atoms with Gasteiger partial charge in [0, 0.05) is 18.8 Å². The molecule has 1 aromatic carbocycles. The average molecular weight is 327 g/mol. The number of aryl methyl sites for hydroxylation is 2. The Morgan fingerprint density at radius 1 is 1.29 bits per heavy atom. The molecule has 21 heavy (non-hydrogen) atoms. The average Bonchev–Trinajstić information content (AvgIpc) is 2.69. The molecule has 1 atom stereocenters. The van der Waals surface area contributed by atoms with E-state index in [1.54, 1.807) is 6.07 Å². The molecule has 3 N–H and O–H groups in total. The van der Waals surface area contributed by atoms with E-state index in [9.17, 15) is 0 Å². The van der Waals surface area contributed by atoms with Gasteiger partial charge in [-0.25, -0.2) is 0 Å². The second kappa shape index (κ2) is 6.79. The van der Waals surface area contributed by atoms with E-state index in [4.69, 9.17) is 29.0 Å². The Bertz CT molecular complexity index is 637. The van der Waals surface area contributed by atoms with Crippen molar-refractivity contribution in [3.05, 3.63) is 50.8 Å². The number of hydrazine groups is 1. The van der Waals surface area contributed by atoms with Crippen LogP contribution in [0.2, 0.25) is 10.0 Å². The second-order valence-corrected chi connectivity index (χ2v) is 6.02. The van der Waals surface area contributed by atoms with Crippen LogP contribution in [0.3, 0.4) is 0 Å². The zero-order valence-electron chi connectivity index (χ0n) is 12.5. The van der Waals surface area contributed by atoms with Crippen molar-refractivity contribution in [2.75, 3.05) is 0 Å². The molecule has 1 unspecified atom stereocenters. The van der Waals surface area contributed by atoms with Crippen LogP contribution in [-0.4, -0.2) is 9.78 Å². The highest BCUT2D eigenvalue weighted by molar-refractivity contribution is 6.42. The van der Waals surface area contributed by atoms with Gasteiger partial charge < -0.3 is 0 Å². The predicted molar refractivity (Wildman–Crippen MR) is 87.5 cm³/mol. The Hall–Kier alpha value is -1.07. The van der Waals surface area contributed by atoms with Crippen LogP contribution in [0.25, 0.3) is 0 Å². The fourth-order valence-electron chi connectivity index (χ4n) is 2.54. The van der Waals surface area contributed by atoms with Gasteiger partial charge in [0.05, 0.1) is 15.7 Å². The van der Waals surface area contributed by atoms with Crippen LogP contribution in [-0.2, 0) is 13.5 Å². The van der Waals surface area contributed by atoms with Gasteiger partial charge in [0.2, 0.25) is 0 Å². The van der Waals surface area contributed by atoms with Gasteiger partial charge in [-0.05, 0) is 49.9 Å². The highest BCUT2D eigenvalue weighted by Crippen LogP contribution is 2.28. The van der Waals surface area contributed by atoms with Gasteiger partial charge >= 0.3 is 0 Å². The van der Waals surface area contributed by atoms with Crippen LogP contribution in [0.1, 0.15) is 35.0 Å². The van der Waals surface area contributed by atoms with Gasteiger partial charge in [0.15, 0.2) is 0 Å². The van der Waals surface area contributed by atoms with Crippen molar-refractivity contribution in [1.29, 1.82) is 0 Å². The molecule has 1 aromatic heterocycles. The molecule has 0 amide bonds. The number of nitrogens with two attached hydrogens (primary N) is 1. The summed E-state index contributed by atoms with van der Waals surface area (Å²) < 4.78 is 1.91. The van der Waals surface area contributed by atoms with Crippen LogP contribution in [0.15, 0.2) is 18.2 Å². The summed E-state index contributed by atoms with van der Waals surface area (Å²) in [6, 6.07) is 5.63. The normalized spacial score (nSPS) is 12.7. The lowest BCUT2D eigenvalue weighted by molar-refractivity contribution is 0.515. The Morgan fingerprint density at radius 3 is 2.52 bits per heavy atom. The fraction of sp³-hybridized carbons (Fsp3) is 0.400. The van der Waals surface area contributed by atoms with Crippen molar-refractivity contribution < 1.29 is 0 Å². The van der Waals surface area contributed by atoms with Crippen LogP contribution in [0, 0.1) is 13.8 Å². The molecule has 114 valence electrons. The lowest BCUT2D eigenvalue weighted by Gasteiger charge is -2.17. The van der Waals surface area contributed by atoms with Gasteiger partial charge in [-0.1, -0.05) is 29.3 Å². The first kappa shape index (κ1) is 16.3. The second-order valence-electron chi connectivity index (χ2n) is 5.20. The number of rotatable bonds is 5. The molecule has 0 aliphatic heterocycles. The molecule has 0 spiro atoms. The van der Waals surface area contributed by atoms with Crippen molar-refractivity contribution in [3.63, 3.8) is 0 Å². The molecular formula is C15H20Cl2N4. The van der Waals surface area contributed by atoms with Gasteiger partial charge in [-0.15, -0.1) is 0 Å². The Labute approximate surface area is 135 Å². The maximum absolute atomic E-state index is 6.07. The number of hydrogen-bond donors (Lipinski definition) is 2. The summed E-state index contributed by atoms with van der Waals surface area (Å²) in [5.41, 5.74) is 7.42. The third-order valence-electron chi connectivity index (χ3n) is 3.89. The summed E-state index contributed by atoms with van der Waals surface area (Å²) in [4.78, 5) is 0. The molecule has 0 aliphatic rings. The van der Waals surface area contributed by atoms with Crippen LogP contribution in [0.5, 0.6) is 0 Å². The number of benzene rings is 1. The Morgan fingerprint density at radius 2 is 2.00 bits per heavy atom. The van der Waals surface area contributed by atoms with Crippen molar-refractivity contribution in [1.82, 2.24) is 15.2 Å². The van der Waals surface area contributed by atoms with Crippen molar-refractivity contribution in [3.8, 4) is 0 Å². The summed E-state index contributed by atoms with van der Waals surface area (Å²) in [5.74, 6) is 5.69. The number of nitrogens with zero attached hydrogens (tertiary/aromatic N) is 2. The maximum atomic E-state index is 6.07. The van der Waals surface area contributed by atoms with Gasteiger partial charge in [-0.2, -0.15) is 5.10 Å². The van der Waals surface area contributed by atoms with E-state index in [-0.39, 0.29) is 6.04 Å². The molecular weight excluding hydrogens is 307 g/mol. The Kier molecular flexibility index (Phi) is 5.27. The molecule has 4 nitrogen and oxygen atoms in total. The highest BCUT2D eigenvalue weighted by atomic mass is 35.5. The van der Waals surface area contributed by atoms with Crippen molar-refractivity contribution in [2.45, 2.75) is 32.7 Å². The van der Waals surface area contributed by atoms with E-state index < -0.39 is 0 Å². The first-order valence-electron chi connectivity index (χ1n) is 6.84. The lowest BCUT2D eigenvalue weighted by Crippen LogP contribution is -2.28. The van der Waals surface area contributed by atoms with Crippen LogP contribution < -0.4 is 11.3 Å². The van der Waals surface area contributed by atoms with Gasteiger partial charge in [0.1, 0.15) is 0 Å². The molecule has 1 heterocycles. The van der Waals surface area contributed by atoms with Gasteiger partial charge in [0.25, 0.3) is 0 Å². The van der Waals surface area contributed by atoms with E-state index >= 15 is 0 Å². The van der Waals surface area contributed by atoms with Crippen molar-refractivity contribution >= 4 is 23.2 Å². The number of aromatic nitrogens is 2. The largest absolute Gasteiger partial charge is 0.272 e. The molecule has 0 fully saturated rings. The summed E-state index contributed by atoms with van der Waals surface area (Å²) in [6.07, 6.45) is 1.77. The monoisotopic (exact) mass is 326 g/mol.